The lowest BCUT2D eigenvalue weighted by atomic mass is 10.0. The van der Waals surface area contributed by atoms with Crippen molar-refractivity contribution < 1.29 is 4.79 Å². The maximum Gasteiger partial charge on any atom is 0.305 e. The van der Waals surface area contributed by atoms with Crippen molar-refractivity contribution in [2.75, 3.05) is 0 Å². The fraction of sp³-hybridized carbons (Fsp3) is 0.429. The first-order valence-corrected chi connectivity index (χ1v) is 4.34. The largest absolute Gasteiger partial charge is 0.316 e. The zero-order chi connectivity index (χ0) is 7.84. The van der Waals surface area contributed by atoms with E-state index in [1.807, 2.05) is 0 Å². The molecular formula is C7H7NO2S. The fourth-order valence-electron chi connectivity index (χ4n) is 1.30. The molecule has 0 fully saturated rings. The number of carbonyl (C=O) groups excluding carboxylic acids is 1. The molecule has 3 nitrogen and oxygen atoms in total. The predicted octanol–water partition coefficient (Wildman–Crippen LogP) is 0.955. The summed E-state index contributed by atoms with van der Waals surface area (Å²) in [4.78, 5) is 25.2. The summed E-state index contributed by atoms with van der Waals surface area (Å²) in [5.74, 6) is 0.120. The molecule has 1 aromatic rings. The van der Waals surface area contributed by atoms with Gasteiger partial charge in [-0.2, -0.15) is 0 Å². The smallest absolute Gasteiger partial charge is 0.305 e. The van der Waals surface area contributed by atoms with E-state index in [1.54, 1.807) is 0 Å². The quantitative estimate of drug-likeness (QED) is 0.628. The molecule has 0 spiro atoms. The molecule has 0 unspecified atom stereocenters. The molecule has 0 aliphatic heterocycles. The van der Waals surface area contributed by atoms with Gasteiger partial charge in [-0.1, -0.05) is 11.3 Å². The molecule has 0 amide bonds. The van der Waals surface area contributed by atoms with Crippen LogP contribution in [-0.2, 0) is 6.42 Å². The summed E-state index contributed by atoms with van der Waals surface area (Å²) in [6, 6.07) is 0. The Hall–Kier alpha value is -0.900. The van der Waals surface area contributed by atoms with E-state index in [0.29, 0.717) is 11.3 Å². The maximum atomic E-state index is 11.2. The molecule has 1 aliphatic rings. The van der Waals surface area contributed by atoms with Gasteiger partial charge < -0.3 is 4.98 Å². The number of aryl methyl sites for hydroxylation is 1. The third-order valence-corrected chi connectivity index (χ3v) is 2.77. The van der Waals surface area contributed by atoms with Crippen molar-refractivity contribution in [2.45, 2.75) is 19.3 Å². The van der Waals surface area contributed by atoms with Crippen LogP contribution in [0, 0.1) is 0 Å². The number of carbonyl (C=O) groups is 1. The molecule has 2 rings (SSSR count). The van der Waals surface area contributed by atoms with Crippen molar-refractivity contribution in [3.63, 3.8) is 0 Å². The average Bonchev–Trinajstić information content (AvgIpc) is 2.31. The van der Waals surface area contributed by atoms with E-state index in [9.17, 15) is 9.59 Å². The molecule has 0 bridgehead atoms. The molecule has 11 heavy (non-hydrogen) atoms. The Balaban J connectivity index is 2.60. The minimum absolute atomic E-state index is 0.106. The zero-order valence-corrected chi connectivity index (χ0v) is 6.66. The molecule has 1 aromatic heterocycles. The van der Waals surface area contributed by atoms with Crippen molar-refractivity contribution >= 4 is 17.1 Å². The van der Waals surface area contributed by atoms with Gasteiger partial charge in [0.15, 0.2) is 5.78 Å². The van der Waals surface area contributed by atoms with Crippen molar-refractivity contribution in [2.24, 2.45) is 0 Å². The second kappa shape index (κ2) is 2.30. The average molecular weight is 169 g/mol. The molecule has 1 heterocycles. The number of hydrogen-bond acceptors (Lipinski definition) is 3. The maximum absolute atomic E-state index is 11.2. The number of aromatic nitrogens is 1. The van der Waals surface area contributed by atoms with Crippen LogP contribution in [0.4, 0.5) is 0 Å². The van der Waals surface area contributed by atoms with Crippen LogP contribution in [0.1, 0.15) is 28.2 Å². The van der Waals surface area contributed by atoms with Gasteiger partial charge in [-0.3, -0.25) is 9.59 Å². The Kier molecular flexibility index (Phi) is 1.42. The van der Waals surface area contributed by atoms with Crippen molar-refractivity contribution in [1.82, 2.24) is 4.98 Å². The summed E-state index contributed by atoms with van der Waals surface area (Å²) in [6.07, 6.45) is 2.32. The summed E-state index contributed by atoms with van der Waals surface area (Å²) in [7, 11) is 0. The van der Waals surface area contributed by atoms with Gasteiger partial charge in [0.05, 0.1) is 4.88 Å². The second-order valence-electron chi connectivity index (χ2n) is 2.60. The summed E-state index contributed by atoms with van der Waals surface area (Å²) < 4.78 is 0. The lowest BCUT2D eigenvalue weighted by molar-refractivity contribution is 0.0976. The highest BCUT2D eigenvalue weighted by Gasteiger charge is 2.19. The van der Waals surface area contributed by atoms with Crippen LogP contribution in [0.25, 0.3) is 0 Å². The number of nitrogens with one attached hydrogen (secondary N) is 1. The minimum Gasteiger partial charge on any atom is -0.316 e. The van der Waals surface area contributed by atoms with Crippen LogP contribution in [0.15, 0.2) is 4.79 Å². The predicted molar refractivity (Wildman–Crippen MR) is 42.2 cm³/mol. The number of aromatic amines is 1. The first-order valence-electron chi connectivity index (χ1n) is 3.52. The first-order chi connectivity index (χ1) is 5.27. The van der Waals surface area contributed by atoms with Gasteiger partial charge in [0.25, 0.3) is 0 Å². The van der Waals surface area contributed by atoms with Gasteiger partial charge in [0.1, 0.15) is 0 Å². The summed E-state index contributed by atoms with van der Waals surface area (Å²) >= 11 is 1.04. The van der Waals surface area contributed by atoms with Gasteiger partial charge in [-0.15, -0.1) is 0 Å². The summed E-state index contributed by atoms with van der Waals surface area (Å²) in [5.41, 5.74) is 0.844. The molecule has 0 saturated carbocycles. The molecule has 0 saturated heterocycles. The van der Waals surface area contributed by atoms with Crippen LogP contribution >= 0.6 is 11.3 Å². The van der Waals surface area contributed by atoms with E-state index >= 15 is 0 Å². The van der Waals surface area contributed by atoms with Crippen LogP contribution < -0.4 is 4.87 Å². The van der Waals surface area contributed by atoms with Gasteiger partial charge >= 0.3 is 4.87 Å². The molecule has 1 aliphatic carbocycles. The van der Waals surface area contributed by atoms with E-state index in [1.165, 1.54) is 0 Å². The summed E-state index contributed by atoms with van der Waals surface area (Å²) in [5, 5.41) is 0. The molecule has 58 valence electrons. The lowest BCUT2D eigenvalue weighted by Crippen LogP contribution is -2.08. The van der Waals surface area contributed by atoms with E-state index in [4.69, 9.17) is 0 Å². The highest BCUT2D eigenvalue weighted by atomic mass is 32.1. The monoisotopic (exact) mass is 169 g/mol. The normalized spacial score (nSPS) is 16.5. The molecule has 0 aromatic carbocycles. The lowest BCUT2D eigenvalue weighted by Gasteiger charge is -2.06. The molecule has 0 radical (unpaired) electrons. The number of Topliss-reactive ketones (excluding diaryl/α,β-unsaturated/α-hetero) is 1. The first kappa shape index (κ1) is 6.79. The van der Waals surface area contributed by atoms with E-state index in [-0.39, 0.29) is 10.7 Å². The van der Waals surface area contributed by atoms with Crippen molar-refractivity contribution in [1.29, 1.82) is 0 Å². The van der Waals surface area contributed by atoms with E-state index in [2.05, 4.69) is 4.98 Å². The number of ketones is 1. The third kappa shape index (κ3) is 1.03. The van der Waals surface area contributed by atoms with Crippen LogP contribution in [0.3, 0.4) is 0 Å². The van der Waals surface area contributed by atoms with Crippen molar-refractivity contribution in [3.8, 4) is 0 Å². The fourth-order valence-corrected chi connectivity index (χ4v) is 2.15. The summed E-state index contributed by atoms with van der Waals surface area (Å²) in [6.45, 7) is 0. The van der Waals surface area contributed by atoms with E-state index < -0.39 is 0 Å². The van der Waals surface area contributed by atoms with Crippen molar-refractivity contribution in [3.05, 3.63) is 20.2 Å². The number of rotatable bonds is 0. The number of H-pyrrole nitrogens is 1. The Bertz CT molecular complexity index is 350. The van der Waals surface area contributed by atoms with Crippen LogP contribution in [0.5, 0.6) is 0 Å². The molecule has 4 heteroatoms. The minimum atomic E-state index is -0.106. The van der Waals surface area contributed by atoms with E-state index in [0.717, 1.165) is 29.9 Å². The highest BCUT2D eigenvalue weighted by Crippen LogP contribution is 2.20. The Morgan fingerprint density at radius 3 is 2.82 bits per heavy atom. The SMILES string of the molecule is O=C1CCCc2[nH]c(=O)sc21. The number of thiazole rings is 1. The molecule has 1 N–H and O–H groups in total. The topological polar surface area (TPSA) is 49.9 Å². The molecular weight excluding hydrogens is 162 g/mol. The second-order valence-corrected chi connectivity index (χ2v) is 3.58. The van der Waals surface area contributed by atoms with Gasteiger partial charge in [-0.25, -0.2) is 0 Å². The third-order valence-electron chi connectivity index (χ3n) is 1.81. The highest BCUT2D eigenvalue weighted by molar-refractivity contribution is 7.11. The Labute approximate surface area is 67.1 Å². The van der Waals surface area contributed by atoms with Gasteiger partial charge in [-0.05, 0) is 12.8 Å². The van der Waals surface area contributed by atoms with Crippen LogP contribution in [0.2, 0.25) is 0 Å². The van der Waals surface area contributed by atoms with Crippen LogP contribution in [-0.4, -0.2) is 10.8 Å². The number of fused-ring (bicyclic) bond motifs is 1. The number of hydrogen-bond donors (Lipinski definition) is 1. The standard InChI is InChI=1S/C7H7NO2S/c9-5-3-1-2-4-6(5)11-7(10)8-4/h1-3H2,(H,8,10). The molecule has 0 atom stereocenters. The van der Waals surface area contributed by atoms with Gasteiger partial charge in [0, 0.05) is 12.1 Å². The Morgan fingerprint density at radius 2 is 2.09 bits per heavy atom. The zero-order valence-electron chi connectivity index (χ0n) is 5.85. The Morgan fingerprint density at radius 1 is 1.27 bits per heavy atom. The van der Waals surface area contributed by atoms with Gasteiger partial charge in [0.2, 0.25) is 0 Å².